The second-order valence-corrected chi connectivity index (χ2v) is 7.29. The Bertz CT molecular complexity index is 812. The molecule has 2 saturated heterocycles. The normalized spacial score (nSPS) is 27.4. The summed E-state index contributed by atoms with van der Waals surface area (Å²) in [6.45, 7) is 0. The summed E-state index contributed by atoms with van der Waals surface area (Å²) in [5.41, 5.74) is 7.28. The zero-order valence-corrected chi connectivity index (χ0v) is 14.8. The van der Waals surface area contributed by atoms with E-state index in [9.17, 15) is 4.79 Å². The minimum atomic E-state index is -0.265. The molecule has 0 aliphatic carbocycles. The van der Waals surface area contributed by atoms with Gasteiger partial charge in [-0.2, -0.15) is 0 Å². The quantitative estimate of drug-likeness (QED) is 0.850. The van der Waals surface area contributed by atoms with Gasteiger partial charge in [0.2, 0.25) is 5.91 Å². The van der Waals surface area contributed by atoms with Gasteiger partial charge in [-0.15, -0.1) is 0 Å². The number of fused-ring (bicyclic) bond motifs is 2. The molecular formula is C18H17Cl2N3O2. The van der Waals surface area contributed by atoms with Crippen molar-refractivity contribution in [2.45, 2.75) is 31.0 Å². The first-order valence-electron chi connectivity index (χ1n) is 8.16. The summed E-state index contributed by atoms with van der Waals surface area (Å²) in [5, 5.41) is 3.80. The number of pyridine rings is 1. The van der Waals surface area contributed by atoms with Crippen molar-refractivity contribution in [2.24, 2.45) is 5.92 Å². The predicted octanol–water partition coefficient (Wildman–Crippen LogP) is 3.87. The third kappa shape index (κ3) is 3.08. The lowest BCUT2D eigenvalue weighted by molar-refractivity contribution is -0.121. The van der Waals surface area contributed by atoms with Crippen molar-refractivity contribution in [1.29, 1.82) is 0 Å². The number of nitrogens with one attached hydrogen (secondary N) is 1. The highest BCUT2D eigenvalue weighted by molar-refractivity contribution is 6.42. The number of hydrogen-bond acceptors (Lipinski definition) is 4. The highest BCUT2D eigenvalue weighted by Crippen LogP contribution is 2.49. The van der Waals surface area contributed by atoms with Crippen molar-refractivity contribution in [3.8, 4) is 0 Å². The smallest absolute Gasteiger partial charge is 0.230 e. The lowest BCUT2D eigenvalue weighted by atomic mass is 9.75. The topological polar surface area (TPSA) is 77.2 Å². The molecule has 0 radical (unpaired) electrons. The molecule has 7 heteroatoms. The van der Waals surface area contributed by atoms with Crippen molar-refractivity contribution in [3.63, 3.8) is 0 Å². The molecule has 25 heavy (non-hydrogen) atoms. The zero-order valence-electron chi connectivity index (χ0n) is 13.3. The van der Waals surface area contributed by atoms with Crippen molar-refractivity contribution in [3.05, 3.63) is 52.1 Å². The molecule has 2 bridgehead atoms. The first-order chi connectivity index (χ1) is 12.0. The van der Waals surface area contributed by atoms with Crippen LogP contribution in [-0.4, -0.2) is 23.1 Å². The van der Waals surface area contributed by atoms with Gasteiger partial charge in [0.05, 0.1) is 28.2 Å². The van der Waals surface area contributed by atoms with Gasteiger partial charge in [-0.25, -0.2) is 4.98 Å². The molecule has 3 N–H and O–H groups in total. The predicted molar refractivity (Wildman–Crippen MR) is 97.9 cm³/mol. The maximum Gasteiger partial charge on any atom is 0.230 e. The minimum Gasteiger partial charge on any atom is -0.384 e. The number of ether oxygens (including phenoxy) is 1. The molecule has 1 aromatic carbocycles. The van der Waals surface area contributed by atoms with E-state index in [1.807, 2.05) is 6.07 Å². The summed E-state index contributed by atoms with van der Waals surface area (Å²) in [5.74, 6) is 0.102. The molecule has 130 valence electrons. The van der Waals surface area contributed by atoms with E-state index in [2.05, 4.69) is 10.3 Å². The zero-order chi connectivity index (χ0) is 17.6. The molecule has 2 aliphatic heterocycles. The number of nitrogens with two attached hydrogens (primary N) is 1. The average Bonchev–Trinajstić information content (AvgIpc) is 3.20. The molecule has 2 aliphatic rings. The Morgan fingerprint density at radius 2 is 1.96 bits per heavy atom. The number of nitrogen functional groups attached to an aromatic ring is 1. The van der Waals surface area contributed by atoms with Crippen molar-refractivity contribution in [1.82, 2.24) is 4.98 Å². The van der Waals surface area contributed by atoms with Gasteiger partial charge in [0.1, 0.15) is 5.82 Å². The molecule has 1 aromatic heterocycles. The standard InChI is InChI=1S/C18H17Cl2N3O2/c19-11-3-2-10(7-12(11)20)23-18(24)17-14-5-4-13(25-14)16(17)9-1-6-15(21)22-8-9/h1-3,6-8,13-14,16-17H,4-5H2,(H2,21,22)(H,23,24). The van der Waals surface area contributed by atoms with E-state index < -0.39 is 0 Å². The number of aromatic nitrogens is 1. The molecule has 2 aromatic rings. The first kappa shape index (κ1) is 16.6. The van der Waals surface area contributed by atoms with E-state index in [0.29, 0.717) is 21.6 Å². The van der Waals surface area contributed by atoms with E-state index in [-0.39, 0.29) is 30.0 Å². The van der Waals surface area contributed by atoms with Crippen LogP contribution < -0.4 is 11.1 Å². The van der Waals surface area contributed by atoms with Crippen LogP contribution in [0.15, 0.2) is 36.5 Å². The fraction of sp³-hybridized carbons (Fsp3) is 0.333. The number of halogens is 2. The van der Waals surface area contributed by atoms with Crippen molar-refractivity contribution < 1.29 is 9.53 Å². The maximum absolute atomic E-state index is 12.9. The van der Waals surface area contributed by atoms with Crippen LogP contribution in [0.1, 0.15) is 24.3 Å². The summed E-state index contributed by atoms with van der Waals surface area (Å²) in [7, 11) is 0. The van der Waals surface area contributed by atoms with E-state index in [0.717, 1.165) is 18.4 Å². The first-order valence-corrected chi connectivity index (χ1v) is 8.91. The van der Waals surface area contributed by atoms with Gasteiger partial charge in [-0.05, 0) is 42.7 Å². The molecule has 2 fully saturated rings. The molecule has 4 rings (SSSR count). The van der Waals surface area contributed by atoms with Gasteiger partial charge in [-0.1, -0.05) is 29.3 Å². The van der Waals surface area contributed by atoms with Crippen LogP contribution in [0.5, 0.6) is 0 Å². The highest BCUT2D eigenvalue weighted by Gasteiger charge is 2.52. The molecule has 3 heterocycles. The van der Waals surface area contributed by atoms with Crippen LogP contribution in [0.2, 0.25) is 10.0 Å². The van der Waals surface area contributed by atoms with E-state index in [4.69, 9.17) is 33.7 Å². The van der Waals surface area contributed by atoms with Gasteiger partial charge in [-0.3, -0.25) is 4.79 Å². The molecule has 0 spiro atoms. The molecule has 4 atom stereocenters. The fourth-order valence-electron chi connectivity index (χ4n) is 3.85. The molecule has 4 unspecified atom stereocenters. The lowest BCUT2D eigenvalue weighted by Crippen LogP contribution is -2.36. The van der Waals surface area contributed by atoms with Gasteiger partial charge in [0.15, 0.2) is 0 Å². The number of carbonyl (C=O) groups excluding carboxylic acids is 1. The van der Waals surface area contributed by atoms with Gasteiger partial charge >= 0.3 is 0 Å². The SMILES string of the molecule is Nc1ccc(C2C3CCC(O3)C2C(=O)Nc2ccc(Cl)c(Cl)c2)cn1. The van der Waals surface area contributed by atoms with Crippen LogP contribution in [0.25, 0.3) is 0 Å². The lowest BCUT2D eigenvalue weighted by Gasteiger charge is -2.27. The molecule has 5 nitrogen and oxygen atoms in total. The second kappa shape index (κ2) is 6.48. The summed E-state index contributed by atoms with van der Waals surface area (Å²) in [6, 6.07) is 8.74. The van der Waals surface area contributed by atoms with Gasteiger partial charge in [0.25, 0.3) is 0 Å². The number of carbonyl (C=O) groups is 1. The van der Waals surface area contributed by atoms with E-state index >= 15 is 0 Å². The number of rotatable bonds is 3. The van der Waals surface area contributed by atoms with Gasteiger partial charge < -0.3 is 15.8 Å². The highest BCUT2D eigenvalue weighted by atomic mass is 35.5. The van der Waals surface area contributed by atoms with Crippen LogP contribution in [0.4, 0.5) is 11.5 Å². The largest absolute Gasteiger partial charge is 0.384 e. The third-order valence-corrected chi connectivity index (χ3v) is 5.70. The monoisotopic (exact) mass is 377 g/mol. The Kier molecular flexibility index (Phi) is 4.31. The van der Waals surface area contributed by atoms with Crippen LogP contribution in [0.3, 0.4) is 0 Å². The van der Waals surface area contributed by atoms with Crippen LogP contribution in [-0.2, 0) is 9.53 Å². The number of anilines is 2. The van der Waals surface area contributed by atoms with E-state index in [1.54, 1.807) is 30.5 Å². The third-order valence-electron chi connectivity index (χ3n) is 4.96. The second-order valence-electron chi connectivity index (χ2n) is 6.48. The summed E-state index contributed by atoms with van der Waals surface area (Å²) in [4.78, 5) is 17.1. The Labute approximate surface area is 155 Å². The van der Waals surface area contributed by atoms with Crippen LogP contribution in [0, 0.1) is 5.92 Å². The Morgan fingerprint density at radius 3 is 2.68 bits per heavy atom. The number of hydrogen-bond donors (Lipinski definition) is 2. The number of benzene rings is 1. The minimum absolute atomic E-state index is 0.0189. The van der Waals surface area contributed by atoms with Crippen LogP contribution >= 0.6 is 23.2 Å². The maximum atomic E-state index is 12.9. The fourth-order valence-corrected chi connectivity index (χ4v) is 4.15. The van der Waals surface area contributed by atoms with Crippen molar-refractivity contribution in [2.75, 3.05) is 11.1 Å². The van der Waals surface area contributed by atoms with Crippen molar-refractivity contribution >= 4 is 40.6 Å². The Morgan fingerprint density at radius 1 is 1.16 bits per heavy atom. The molecular weight excluding hydrogens is 361 g/mol. The summed E-state index contributed by atoms with van der Waals surface area (Å²) < 4.78 is 6.02. The summed E-state index contributed by atoms with van der Waals surface area (Å²) in [6.07, 6.45) is 3.55. The summed E-state index contributed by atoms with van der Waals surface area (Å²) >= 11 is 12.0. The van der Waals surface area contributed by atoms with E-state index in [1.165, 1.54) is 0 Å². The Hall–Kier alpha value is -1.82. The molecule has 0 saturated carbocycles. The number of amides is 1. The van der Waals surface area contributed by atoms with Gasteiger partial charge in [0, 0.05) is 17.8 Å². The number of nitrogens with zero attached hydrogens (tertiary/aromatic N) is 1. The molecule has 1 amide bonds. The average molecular weight is 378 g/mol. The Balaban J connectivity index is 1.59.